The summed E-state index contributed by atoms with van der Waals surface area (Å²) in [6.07, 6.45) is 0. The van der Waals surface area contributed by atoms with Crippen LogP contribution < -0.4 is 0 Å². The highest BCUT2D eigenvalue weighted by Crippen LogP contribution is 2.23. The van der Waals surface area contributed by atoms with Crippen molar-refractivity contribution in [3.63, 3.8) is 0 Å². The van der Waals surface area contributed by atoms with Crippen molar-refractivity contribution < 1.29 is 17.9 Å². The number of halogens is 1. The Labute approximate surface area is 153 Å². The average Bonchev–Trinajstić information content (AvgIpc) is 2.58. The van der Waals surface area contributed by atoms with Gasteiger partial charge in [0.1, 0.15) is 0 Å². The number of ether oxygens (including phenoxy) is 1. The predicted molar refractivity (Wildman–Crippen MR) is 97.2 cm³/mol. The molecule has 0 N–H and O–H groups in total. The molecule has 0 bridgehead atoms. The number of carbonyl (C=O) groups is 1. The van der Waals surface area contributed by atoms with Gasteiger partial charge in [-0.2, -0.15) is 4.31 Å². The Morgan fingerprint density at radius 1 is 1.20 bits per heavy atom. The first-order valence-electron chi connectivity index (χ1n) is 7.73. The fraction of sp³-hybridized carbons (Fsp3) is 0.278. The van der Waals surface area contributed by atoms with Gasteiger partial charge in [0.2, 0.25) is 10.0 Å². The van der Waals surface area contributed by atoms with Crippen LogP contribution in [0.15, 0.2) is 47.4 Å². The molecule has 7 heteroatoms. The zero-order valence-corrected chi connectivity index (χ0v) is 15.9. The highest BCUT2D eigenvalue weighted by Gasteiger charge is 2.25. The molecule has 0 atom stereocenters. The number of methoxy groups -OCH3 is 1. The second-order valence-corrected chi connectivity index (χ2v) is 7.88. The van der Waals surface area contributed by atoms with Crippen LogP contribution in [0.1, 0.15) is 28.4 Å². The second-order valence-electron chi connectivity index (χ2n) is 5.53. The third kappa shape index (κ3) is 4.39. The molecule has 0 aromatic heterocycles. The first-order chi connectivity index (χ1) is 11.8. The predicted octanol–water partition coefficient (Wildman–Crippen LogP) is 3.65. The number of sulfonamides is 1. The lowest BCUT2D eigenvalue weighted by atomic mass is 10.1. The molecule has 0 aliphatic carbocycles. The summed E-state index contributed by atoms with van der Waals surface area (Å²) in [6, 6.07) is 11.5. The number of hydrogen-bond donors (Lipinski definition) is 0. The van der Waals surface area contributed by atoms with Crippen molar-refractivity contribution in [3.05, 3.63) is 64.2 Å². The van der Waals surface area contributed by atoms with Gasteiger partial charge in [-0.25, -0.2) is 13.2 Å². The third-order valence-corrected chi connectivity index (χ3v) is 6.13. The van der Waals surface area contributed by atoms with Crippen LogP contribution in [-0.4, -0.2) is 32.3 Å². The monoisotopic (exact) mass is 381 g/mol. The fourth-order valence-electron chi connectivity index (χ4n) is 2.53. The largest absolute Gasteiger partial charge is 0.465 e. The van der Waals surface area contributed by atoms with Gasteiger partial charge < -0.3 is 4.74 Å². The van der Waals surface area contributed by atoms with Gasteiger partial charge in [0.05, 0.1) is 17.6 Å². The lowest BCUT2D eigenvalue weighted by Gasteiger charge is -2.22. The quantitative estimate of drug-likeness (QED) is 0.716. The molecular formula is C18H20ClNO4S. The minimum absolute atomic E-state index is 0.170. The molecule has 0 aliphatic rings. The maximum absolute atomic E-state index is 13.0. The van der Waals surface area contributed by atoms with Gasteiger partial charge in [0.15, 0.2) is 0 Å². The van der Waals surface area contributed by atoms with Crippen LogP contribution in [0.5, 0.6) is 0 Å². The van der Waals surface area contributed by atoms with E-state index in [9.17, 15) is 13.2 Å². The molecule has 0 saturated heterocycles. The average molecular weight is 382 g/mol. The minimum Gasteiger partial charge on any atom is -0.465 e. The number of esters is 1. The SMILES string of the molecule is CCN(Cc1cccc(Cl)c1)S(=O)(=O)c1ccc(C(=O)OC)cc1C. The molecule has 134 valence electrons. The Bertz CT molecular complexity index is 880. The van der Waals surface area contributed by atoms with E-state index >= 15 is 0 Å². The maximum Gasteiger partial charge on any atom is 0.337 e. The summed E-state index contributed by atoms with van der Waals surface area (Å²) in [5, 5.41) is 0.560. The summed E-state index contributed by atoms with van der Waals surface area (Å²) in [4.78, 5) is 11.8. The normalized spacial score (nSPS) is 11.6. The van der Waals surface area contributed by atoms with Crippen molar-refractivity contribution in [2.75, 3.05) is 13.7 Å². The lowest BCUT2D eigenvalue weighted by Crippen LogP contribution is -2.31. The lowest BCUT2D eigenvalue weighted by molar-refractivity contribution is 0.0600. The molecule has 2 aromatic rings. The zero-order chi connectivity index (χ0) is 18.6. The molecule has 0 heterocycles. The van der Waals surface area contributed by atoms with Crippen molar-refractivity contribution in [3.8, 4) is 0 Å². The fourth-order valence-corrected chi connectivity index (χ4v) is 4.38. The summed E-state index contributed by atoms with van der Waals surface area (Å²) in [5.41, 5.74) is 1.62. The Morgan fingerprint density at radius 3 is 2.48 bits per heavy atom. The van der Waals surface area contributed by atoms with E-state index in [1.807, 2.05) is 6.07 Å². The molecule has 0 radical (unpaired) electrons. The van der Waals surface area contributed by atoms with Gasteiger partial charge >= 0.3 is 5.97 Å². The van der Waals surface area contributed by atoms with Crippen molar-refractivity contribution in [2.45, 2.75) is 25.3 Å². The second kappa shape index (κ2) is 7.99. The molecule has 0 saturated carbocycles. The zero-order valence-electron chi connectivity index (χ0n) is 14.3. The number of hydrogen-bond acceptors (Lipinski definition) is 4. The van der Waals surface area contributed by atoms with Crippen LogP contribution in [0.25, 0.3) is 0 Å². The summed E-state index contributed by atoms with van der Waals surface area (Å²) in [7, 11) is -2.42. The van der Waals surface area contributed by atoms with Crippen LogP contribution in [0.2, 0.25) is 5.02 Å². The summed E-state index contributed by atoms with van der Waals surface area (Å²) < 4.78 is 32.0. The highest BCUT2D eigenvalue weighted by atomic mass is 35.5. The Hall–Kier alpha value is -1.89. The van der Waals surface area contributed by atoms with E-state index in [0.717, 1.165) is 5.56 Å². The third-order valence-electron chi connectivity index (χ3n) is 3.81. The molecule has 2 aromatic carbocycles. The topological polar surface area (TPSA) is 63.7 Å². The van der Waals surface area contributed by atoms with E-state index in [1.54, 1.807) is 32.0 Å². The number of carbonyl (C=O) groups excluding carboxylic acids is 1. The highest BCUT2D eigenvalue weighted by molar-refractivity contribution is 7.89. The summed E-state index contributed by atoms with van der Waals surface area (Å²) in [5.74, 6) is -0.502. The van der Waals surface area contributed by atoms with Gasteiger partial charge in [-0.1, -0.05) is 30.7 Å². The van der Waals surface area contributed by atoms with Crippen molar-refractivity contribution in [2.24, 2.45) is 0 Å². The van der Waals surface area contributed by atoms with E-state index in [1.165, 1.54) is 29.6 Å². The maximum atomic E-state index is 13.0. The molecule has 0 unspecified atom stereocenters. The number of rotatable bonds is 6. The van der Waals surface area contributed by atoms with Gasteiger partial charge in [0, 0.05) is 18.1 Å². The molecular weight excluding hydrogens is 362 g/mol. The first-order valence-corrected chi connectivity index (χ1v) is 9.55. The van der Waals surface area contributed by atoms with E-state index in [2.05, 4.69) is 4.74 Å². The molecule has 0 spiro atoms. The molecule has 25 heavy (non-hydrogen) atoms. The number of benzene rings is 2. The van der Waals surface area contributed by atoms with Gasteiger partial charge in [-0.15, -0.1) is 0 Å². The standard InChI is InChI=1S/C18H20ClNO4S/c1-4-20(12-14-6-5-7-16(19)11-14)25(22,23)17-9-8-15(10-13(17)2)18(21)24-3/h5-11H,4,12H2,1-3H3. The van der Waals surface area contributed by atoms with E-state index in [4.69, 9.17) is 11.6 Å². The molecule has 5 nitrogen and oxygen atoms in total. The van der Waals surface area contributed by atoms with Crippen molar-refractivity contribution >= 4 is 27.6 Å². The van der Waals surface area contributed by atoms with Crippen LogP contribution in [0.4, 0.5) is 0 Å². The molecule has 0 aliphatic heterocycles. The molecule has 0 amide bonds. The minimum atomic E-state index is -3.70. The Morgan fingerprint density at radius 2 is 1.92 bits per heavy atom. The van der Waals surface area contributed by atoms with E-state index in [-0.39, 0.29) is 11.4 Å². The smallest absolute Gasteiger partial charge is 0.337 e. The van der Waals surface area contributed by atoms with Crippen LogP contribution in [-0.2, 0) is 21.3 Å². The molecule has 0 fully saturated rings. The van der Waals surface area contributed by atoms with Gasteiger partial charge in [-0.05, 0) is 48.4 Å². The first kappa shape index (κ1) is 19.4. The summed E-state index contributed by atoms with van der Waals surface area (Å²) >= 11 is 5.98. The van der Waals surface area contributed by atoms with Gasteiger partial charge in [-0.3, -0.25) is 0 Å². The van der Waals surface area contributed by atoms with E-state index in [0.29, 0.717) is 22.7 Å². The summed E-state index contributed by atoms with van der Waals surface area (Å²) in [6.45, 7) is 3.97. The Kier molecular flexibility index (Phi) is 6.21. The number of nitrogens with zero attached hydrogens (tertiary/aromatic N) is 1. The van der Waals surface area contributed by atoms with Crippen LogP contribution >= 0.6 is 11.6 Å². The van der Waals surface area contributed by atoms with Gasteiger partial charge in [0.25, 0.3) is 0 Å². The molecule has 2 rings (SSSR count). The number of aryl methyl sites for hydroxylation is 1. The van der Waals surface area contributed by atoms with E-state index < -0.39 is 16.0 Å². The van der Waals surface area contributed by atoms with Crippen LogP contribution in [0, 0.1) is 6.92 Å². The van der Waals surface area contributed by atoms with Crippen molar-refractivity contribution in [1.82, 2.24) is 4.31 Å². The van der Waals surface area contributed by atoms with Crippen molar-refractivity contribution in [1.29, 1.82) is 0 Å². The Balaban J connectivity index is 2.36. The van der Waals surface area contributed by atoms with Crippen LogP contribution in [0.3, 0.4) is 0 Å².